The minimum absolute atomic E-state index is 0.0359. The van der Waals surface area contributed by atoms with Gasteiger partial charge in [-0.3, -0.25) is 4.79 Å². The molecule has 0 spiro atoms. The van der Waals surface area contributed by atoms with Gasteiger partial charge < -0.3 is 4.74 Å². The van der Waals surface area contributed by atoms with Crippen molar-refractivity contribution >= 4 is 17.7 Å². The van der Waals surface area contributed by atoms with Crippen molar-refractivity contribution in [3.05, 3.63) is 0 Å². The number of esters is 1. The van der Waals surface area contributed by atoms with Crippen molar-refractivity contribution in [2.24, 2.45) is 5.92 Å². The van der Waals surface area contributed by atoms with Gasteiger partial charge in [-0.25, -0.2) is 0 Å². The summed E-state index contributed by atoms with van der Waals surface area (Å²) in [6, 6.07) is 0. The van der Waals surface area contributed by atoms with E-state index in [-0.39, 0.29) is 11.9 Å². The molecule has 0 aromatic carbocycles. The summed E-state index contributed by atoms with van der Waals surface area (Å²) in [7, 11) is 0. The van der Waals surface area contributed by atoms with Crippen LogP contribution in [0.3, 0.4) is 0 Å². The van der Waals surface area contributed by atoms with Crippen LogP contribution in [0.5, 0.6) is 0 Å². The highest BCUT2D eigenvalue weighted by Gasteiger charge is 2.21. The van der Waals surface area contributed by atoms with Crippen LogP contribution >= 0.6 is 11.8 Å². The molecule has 2 nitrogen and oxygen atoms in total. The van der Waals surface area contributed by atoms with Crippen molar-refractivity contribution in [3.63, 3.8) is 0 Å². The van der Waals surface area contributed by atoms with Gasteiger partial charge in [-0.15, -0.1) is 0 Å². The van der Waals surface area contributed by atoms with E-state index in [0.717, 1.165) is 18.6 Å². The molecule has 3 heteroatoms. The van der Waals surface area contributed by atoms with E-state index >= 15 is 0 Å². The minimum atomic E-state index is 0.0359. The van der Waals surface area contributed by atoms with Crippen LogP contribution in [0, 0.1) is 5.92 Å². The largest absolute Gasteiger partial charge is 0.465 e. The lowest BCUT2D eigenvalue weighted by molar-refractivity contribution is -0.148. The van der Waals surface area contributed by atoms with E-state index < -0.39 is 0 Å². The van der Waals surface area contributed by atoms with Crippen LogP contribution in [0.15, 0.2) is 0 Å². The Morgan fingerprint density at radius 2 is 2.08 bits per heavy atom. The molecule has 0 amide bonds. The minimum Gasteiger partial charge on any atom is -0.465 e. The fourth-order valence-corrected chi connectivity index (χ4v) is 1.93. The average Bonchev–Trinajstić information content (AvgIpc) is 2.19. The monoisotopic (exact) mass is 202 g/mol. The van der Waals surface area contributed by atoms with Crippen molar-refractivity contribution in [2.45, 2.75) is 32.1 Å². The van der Waals surface area contributed by atoms with Gasteiger partial charge in [0.1, 0.15) is 6.61 Å². The SMILES string of the molecule is CSCCOC(=O)C1CCCCC1. The molecule has 1 fully saturated rings. The van der Waals surface area contributed by atoms with Gasteiger partial charge in [-0.05, 0) is 19.1 Å². The van der Waals surface area contributed by atoms with E-state index in [2.05, 4.69) is 0 Å². The molecular formula is C10H18O2S. The highest BCUT2D eigenvalue weighted by atomic mass is 32.2. The highest BCUT2D eigenvalue weighted by Crippen LogP contribution is 2.24. The van der Waals surface area contributed by atoms with Gasteiger partial charge in [0, 0.05) is 5.75 Å². The first-order valence-electron chi connectivity index (χ1n) is 5.00. The maximum Gasteiger partial charge on any atom is 0.308 e. The first kappa shape index (κ1) is 10.9. The lowest BCUT2D eigenvalue weighted by Crippen LogP contribution is -2.21. The summed E-state index contributed by atoms with van der Waals surface area (Å²) in [5.74, 6) is 1.16. The Bertz CT molecular complexity index is 153. The molecule has 13 heavy (non-hydrogen) atoms. The third-order valence-electron chi connectivity index (χ3n) is 2.47. The van der Waals surface area contributed by atoms with Crippen LogP contribution < -0.4 is 0 Å². The van der Waals surface area contributed by atoms with Gasteiger partial charge in [0.25, 0.3) is 0 Å². The number of hydrogen-bond donors (Lipinski definition) is 0. The van der Waals surface area contributed by atoms with E-state index in [4.69, 9.17) is 4.74 Å². The quantitative estimate of drug-likeness (QED) is 0.517. The lowest BCUT2D eigenvalue weighted by Gasteiger charge is -2.19. The van der Waals surface area contributed by atoms with E-state index in [1.54, 1.807) is 11.8 Å². The number of rotatable bonds is 4. The molecule has 0 aliphatic heterocycles. The van der Waals surface area contributed by atoms with Gasteiger partial charge >= 0.3 is 5.97 Å². The molecule has 0 atom stereocenters. The van der Waals surface area contributed by atoms with Crippen molar-refractivity contribution in [1.29, 1.82) is 0 Å². The summed E-state index contributed by atoms with van der Waals surface area (Å²) in [5, 5.41) is 0. The maximum absolute atomic E-state index is 11.4. The molecule has 1 saturated carbocycles. The van der Waals surface area contributed by atoms with Crippen LogP contribution in [0.2, 0.25) is 0 Å². The maximum atomic E-state index is 11.4. The van der Waals surface area contributed by atoms with Gasteiger partial charge in [0.2, 0.25) is 0 Å². The predicted octanol–water partition coefficient (Wildman–Crippen LogP) is 2.47. The molecule has 0 unspecified atom stereocenters. The first-order valence-corrected chi connectivity index (χ1v) is 6.39. The summed E-state index contributed by atoms with van der Waals surface area (Å²) < 4.78 is 5.16. The van der Waals surface area contributed by atoms with Crippen molar-refractivity contribution in [3.8, 4) is 0 Å². The van der Waals surface area contributed by atoms with Crippen molar-refractivity contribution in [2.75, 3.05) is 18.6 Å². The number of thioether (sulfide) groups is 1. The van der Waals surface area contributed by atoms with Gasteiger partial charge in [-0.1, -0.05) is 19.3 Å². The molecule has 0 bridgehead atoms. The number of hydrogen-bond acceptors (Lipinski definition) is 3. The van der Waals surface area contributed by atoms with E-state index in [1.165, 1.54) is 19.3 Å². The number of carbonyl (C=O) groups excluding carboxylic acids is 1. The molecule has 0 N–H and O–H groups in total. The molecule has 0 saturated heterocycles. The van der Waals surface area contributed by atoms with Crippen LogP contribution in [-0.2, 0) is 9.53 Å². The van der Waals surface area contributed by atoms with Crippen molar-refractivity contribution in [1.82, 2.24) is 0 Å². The third kappa shape index (κ3) is 4.03. The Hall–Kier alpha value is -0.180. The lowest BCUT2D eigenvalue weighted by atomic mass is 9.89. The average molecular weight is 202 g/mol. The van der Waals surface area contributed by atoms with E-state index in [1.807, 2.05) is 6.26 Å². The third-order valence-corrected chi connectivity index (χ3v) is 3.05. The zero-order valence-corrected chi connectivity index (χ0v) is 9.07. The van der Waals surface area contributed by atoms with Crippen LogP contribution in [0.25, 0.3) is 0 Å². The molecule has 76 valence electrons. The topological polar surface area (TPSA) is 26.3 Å². The second-order valence-electron chi connectivity index (χ2n) is 3.50. The van der Waals surface area contributed by atoms with Crippen molar-refractivity contribution < 1.29 is 9.53 Å². The van der Waals surface area contributed by atoms with Crippen LogP contribution in [0.1, 0.15) is 32.1 Å². The summed E-state index contributed by atoms with van der Waals surface area (Å²) in [6.45, 7) is 0.580. The number of ether oxygens (including phenoxy) is 1. The van der Waals surface area contributed by atoms with Gasteiger partial charge in [0.05, 0.1) is 5.92 Å². The predicted molar refractivity (Wildman–Crippen MR) is 55.9 cm³/mol. The Labute approximate surface area is 84.4 Å². The second kappa shape index (κ2) is 6.30. The normalized spacial score (nSPS) is 18.5. The summed E-state index contributed by atoms with van der Waals surface area (Å²) in [4.78, 5) is 11.4. The molecule has 0 heterocycles. The Kier molecular flexibility index (Phi) is 5.28. The Morgan fingerprint density at radius 1 is 1.38 bits per heavy atom. The molecule has 0 aromatic rings. The fraction of sp³-hybridized carbons (Fsp3) is 0.900. The molecule has 0 aromatic heterocycles. The van der Waals surface area contributed by atoms with E-state index in [9.17, 15) is 4.79 Å². The molecule has 1 rings (SSSR count). The zero-order valence-electron chi connectivity index (χ0n) is 8.25. The summed E-state index contributed by atoms with van der Waals surface area (Å²) >= 11 is 1.71. The summed E-state index contributed by atoms with van der Waals surface area (Å²) in [5.41, 5.74) is 0. The molecule has 0 radical (unpaired) electrons. The smallest absolute Gasteiger partial charge is 0.308 e. The highest BCUT2D eigenvalue weighted by molar-refractivity contribution is 7.98. The first-order chi connectivity index (χ1) is 6.34. The fourth-order valence-electron chi connectivity index (χ4n) is 1.68. The summed E-state index contributed by atoms with van der Waals surface area (Å²) in [6.07, 6.45) is 7.78. The van der Waals surface area contributed by atoms with Gasteiger partial charge in [-0.2, -0.15) is 11.8 Å². The Morgan fingerprint density at radius 3 is 2.69 bits per heavy atom. The number of carbonyl (C=O) groups is 1. The zero-order chi connectivity index (χ0) is 9.52. The van der Waals surface area contributed by atoms with Gasteiger partial charge in [0.15, 0.2) is 0 Å². The van der Waals surface area contributed by atoms with Crippen LogP contribution in [0.4, 0.5) is 0 Å². The second-order valence-corrected chi connectivity index (χ2v) is 4.48. The molecular weight excluding hydrogens is 184 g/mol. The van der Waals surface area contributed by atoms with E-state index in [0.29, 0.717) is 6.61 Å². The molecule has 1 aliphatic rings. The Balaban J connectivity index is 2.13. The molecule has 1 aliphatic carbocycles. The van der Waals surface area contributed by atoms with Crippen LogP contribution in [-0.4, -0.2) is 24.6 Å². The standard InChI is InChI=1S/C10H18O2S/c1-13-8-7-12-10(11)9-5-3-2-4-6-9/h9H,2-8H2,1H3.